The summed E-state index contributed by atoms with van der Waals surface area (Å²) in [5, 5.41) is 5.86. The highest BCUT2D eigenvalue weighted by Crippen LogP contribution is 2.21. The molecule has 0 spiro atoms. The van der Waals surface area contributed by atoms with Crippen molar-refractivity contribution in [3.63, 3.8) is 0 Å². The van der Waals surface area contributed by atoms with E-state index in [4.69, 9.17) is 4.74 Å². The summed E-state index contributed by atoms with van der Waals surface area (Å²) < 4.78 is 18.5. The van der Waals surface area contributed by atoms with Crippen molar-refractivity contribution in [3.05, 3.63) is 29.6 Å². The fourth-order valence-electron chi connectivity index (χ4n) is 1.83. The maximum atomic E-state index is 13.6. The molecule has 19 heavy (non-hydrogen) atoms. The van der Waals surface area contributed by atoms with Crippen LogP contribution in [-0.4, -0.2) is 25.6 Å². The van der Waals surface area contributed by atoms with Gasteiger partial charge in [-0.15, -0.1) is 0 Å². The zero-order valence-corrected chi connectivity index (χ0v) is 11.8. The summed E-state index contributed by atoms with van der Waals surface area (Å²) in [7, 11) is 1.43. The number of methoxy groups -OCH3 is 1. The Morgan fingerprint density at radius 1 is 1.42 bits per heavy atom. The van der Waals surface area contributed by atoms with Gasteiger partial charge in [0.1, 0.15) is 0 Å². The van der Waals surface area contributed by atoms with Gasteiger partial charge in [-0.3, -0.25) is 10.1 Å². The minimum Gasteiger partial charge on any atom is -0.494 e. The molecular weight excluding hydrogens is 247 g/mol. The van der Waals surface area contributed by atoms with Crippen molar-refractivity contribution in [1.29, 1.82) is 0 Å². The van der Waals surface area contributed by atoms with E-state index in [-0.39, 0.29) is 23.7 Å². The molecule has 4 nitrogen and oxygen atoms in total. The minimum absolute atomic E-state index is 0.0664. The topological polar surface area (TPSA) is 50.4 Å². The number of likely N-dealkylation sites (N-methyl/N-ethyl adjacent to an activating group) is 1. The van der Waals surface area contributed by atoms with E-state index in [9.17, 15) is 9.18 Å². The van der Waals surface area contributed by atoms with Crippen molar-refractivity contribution in [2.45, 2.75) is 32.9 Å². The summed E-state index contributed by atoms with van der Waals surface area (Å²) in [6, 6.07) is 4.32. The third kappa shape index (κ3) is 4.21. The average molecular weight is 268 g/mol. The van der Waals surface area contributed by atoms with Gasteiger partial charge >= 0.3 is 0 Å². The average Bonchev–Trinajstić information content (AvgIpc) is 2.38. The molecule has 106 valence electrons. The largest absolute Gasteiger partial charge is 0.494 e. The Kier molecular flexibility index (Phi) is 5.76. The van der Waals surface area contributed by atoms with Crippen LogP contribution in [0.4, 0.5) is 4.39 Å². The van der Waals surface area contributed by atoms with E-state index in [0.717, 1.165) is 5.56 Å². The first-order valence-corrected chi connectivity index (χ1v) is 6.36. The van der Waals surface area contributed by atoms with Gasteiger partial charge in [0.05, 0.1) is 13.2 Å². The van der Waals surface area contributed by atoms with E-state index < -0.39 is 5.82 Å². The van der Waals surface area contributed by atoms with Crippen molar-refractivity contribution in [2.75, 3.05) is 13.7 Å². The first-order valence-electron chi connectivity index (χ1n) is 6.36. The lowest BCUT2D eigenvalue weighted by atomic mass is 10.1. The summed E-state index contributed by atoms with van der Waals surface area (Å²) >= 11 is 0. The molecule has 0 aliphatic rings. The lowest BCUT2D eigenvalue weighted by Gasteiger charge is -2.20. The zero-order chi connectivity index (χ0) is 14.4. The Morgan fingerprint density at radius 2 is 2.11 bits per heavy atom. The highest BCUT2D eigenvalue weighted by molar-refractivity contribution is 5.81. The van der Waals surface area contributed by atoms with E-state index in [1.54, 1.807) is 19.1 Å². The molecule has 5 heteroatoms. The lowest BCUT2D eigenvalue weighted by Crippen LogP contribution is -2.43. The molecular formula is C14H21FN2O2. The second-order valence-corrected chi connectivity index (χ2v) is 4.40. The Hall–Kier alpha value is -1.62. The second kappa shape index (κ2) is 7.09. The predicted molar refractivity (Wildman–Crippen MR) is 72.6 cm³/mol. The number of nitrogens with one attached hydrogen (secondary N) is 2. The molecule has 1 aromatic carbocycles. The quantitative estimate of drug-likeness (QED) is 0.829. The third-order valence-corrected chi connectivity index (χ3v) is 2.92. The molecule has 0 fully saturated rings. The van der Waals surface area contributed by atoms with Gasteiger partial charge in [0.2, 0.25) is 5.91 Å². The minimum atomic E-state index is -0.403. The fraction of sp³-hybridized carbons (Fsp3) is 0.500. The van der Waals surface area contributed by atoms with Crippen LogP contribution in [0.15, 0.2) is 18.2 Å². The molecule has 2 unspecified atom stereocenters. The number of amides is 1. The van der Waals surface area contributed by atoms with Crippen LogP contribution >= 0.6 is 0 Å². The SMILES string of the molecule is CCNC(=O)C(C)NC(C)c1ccc(OC)c(F)c1. The second-order valence-electron chi connectivity index (χ2n) is 4.40. The van der Waals surface area contributed by atoms with Gasteiger partial charge in [0.15, 0.2) is 11.6 Å². The van der Waals surface area contributed by atoms with Crippen LogP contribution in [0.3, 0.4) is 0 Å². The number of carbonyl (C=O) groups is 1. The smallest absolute Gasteiger partial charge is 0.236 e. The number of halogens is 1. The summed E-state index contributed by atoms with van der Waals surface area (Å²) in [4.78, 5) is 11.6. The number of benzene rings is 1. The molecule has 0 aliphatic carbocycles. The fourth-order valence-corrected chi connectivity index (χ4v) is 1.83. The molecule has 1 amide bonds. The molecule has 2 N–H and O–H groups in total. The van der Waals surface area contributed by atoms with E-state index in [1.165, 1.54) is 13.2 Å². The van der Waals surface area contributed by atoms with Crippen LogP contribution < -0.4 is 15.4 Å². The Bertz CT molecular complexity index is 437. The van der Waals surface area contributed by atoms with E-state index in [0.29, 0.717) is 6.54 Å². The van der Waals surface area contributed by atoms with Crippen LogP contribution in [0.2, 0.25) is 0 Å². The highest BCUT2D eigenvalue weighted by atomic mass is 19.1. The highest BCUT2D eigenvalue weighted by Gasteiger charge is 2.16. The van der Waals surface area contributed by atoms with Crippen LogP contribution in [0.5, 0.6) is 5.75 Å². The number of ether oxygens (including phenoxy) is 1. The van der Waals surface area contributed by atoms with Crippen LogP contribution in [0.1, 0.15) is 32.4 Å². The summed E-state index contributed by atoms with van der Waals surface area (Å²) in [6.07, 6.45) is 0. The Labute approximate surface area is 113 Å². The van der Waals surface area contributed by atoms with E-state index >= 15 is 0 Å². The maximum absolute atomic E-state index is 13.6. The molecule has 0 radical (unpaired) electrons. The molecule has 0 saturated carbocycles. The van der Waals surface area contributed by atoms with Gasteiger partial charge in [0, 0.05) is 12.6 Å². The van der Waals surface area contributed by atoms with Crippen LogP contribution in [0, 0.1) is 5.82 Å². The first kappa shape index (κ1) is 15.4. The maximum Gasteiger partial charge on any atom is 0.236 e. The molecule has 0 saturated heterocycles. The zero-order valence-electron chi connectivity index (χ0n) is 11.8. The number of hydrogen-bond donors (Lipinski definition) is 2. The molecule has 1 rings (SSSR count). The molecule has 0 bridgehead atoms. The molecule has 2 atom stereocenters. The standard InChI is InChI=1S/C14H21FN2O2/c1-5-16-14(18)10(3)17-9(2)11-6-7-13(19-4)12(15)8-11/h6-10,17H,5H2,1-4H3,(H,16,18). The van der Waals surface area contributed by atoms with Crippen molar-refractivity contribution < 1.29 is 13.9 Å². The van der Waals surface area contributed by atoms with Crippen molar-refractivity contribution in [3.8, 4) is 5.75 Å². The first-order chi connectivity index (χ1) is 8.99. The lowest BCUT2D eigenvalue weighted by molar-refractivity contribution is -0.122. The Morgan fingerprint density at radius 3 is 2.63 bits per heavy atom. The number of carbonyl (C=O) groups excluding carboxylic acids is 1. The van der Waals surface area contributed by atoms with Crippen LogP contribution in [-0.2, 0) is 4.79 Å². The van der Waals surface area contributed by atoms with Crippen molar-refractivity contribution in [1.82, 2.24) is 10.6 Å². The van der Waals surface area contributed by atoms with Gasteiger partial charge in [-0.25, -0.2) is 4.39 Å². The van der Waals surface area contributed by atoms with Crippen LogP contribution in [0.25, 0.3) is 0 Å². The molecule has 0 aliphatic heterocycles. The monoisotopic (exact) mass is 268 g/mol. The van der Waals surface area contributed by atoms with Gasteiger partial charge in [-0.1, -0.05) is 6.07 Å². The van der Waals surface area contributed by atoms with Gasteiger partial charge < -0.3 is 10.1 Å². The molecule has 1 aromatic rings. The third-order valence-electron chi connectivity index (χ3n) is 2.92. The summed E-state index contributed by atoms with van der Waals surface area (Å²) in [5.41, 5.74) is 0.773. The van der Waals surface area contributed by atoms with E-state index in [2.05, 4.69) is 10.6 Å². The number of rotatable bonds is 6. The molecule has 0 aromatic heterocycles. The normalized spacial score (nSPS) is 13.7. The van der Waals surface area contributed by atoms with Gasteiger partial charge in [-0.2, -0.15) is 0 Å². The predicted octanol–water partition coefficient (Wildman–Crippen LogP) is 2.01. The van der Waals surface area contributed by atoms with Crippen molar-refractivity contribution >= 4 is 5.91 Å². The van der Waals surface area contributed by atoms with E-state index in [1.807, 2.05) is 13.8 Å². The summed E-state index contributed by atoms with van der Waals surface area (Å²) in [6.45, 7) is 6.13. The van der Waals surface area contributed by atoms with Crippen molar-refractivity contribution in [2.24, 2.45) is 0 Å². The summed E-state index contributed by atoms with van der Waals surface area (Å²) in [5.74, 6) is -0.254. The van der Waals surface area contributed by atoms with Gasteiger partial charge in [-0.05, 0) is 38.5 Å². The Balaban J connectivity index is 2.70. The molecule has 0 heterocycles. The van der Waals surface area contributed by atoms with Gasteiger partial charge in [0.25, 0.3) is 0 Å². The number of hydrogen-bond acceptors (Lipinski definition) is 3.